The van der Waals surface area contributed by atoms with E-state index in [1.54, 1.807) is 0 Å². The predicted octanol–water partition coefficient (Wildman–Crippen LogP) is 5.97. The van der Waals surface area contributed by atoms with Crippen molar-refractivity contribution in [2.45, 2.75) is 46.0 Å². The summed E-state index contributed by atoms with van der Waals surface area (Å²) in [5.74, 6) is 0. The molecule has 0 aromatic heterocycles. The molecule has 0 fully saturated rings. The Morgan fingerprint density at radius 1 is 0.905 bits per heavy atom. The molecule has 0 amide bonds. The van der Waals surface area contributed by atoms with Crippen LogP contribution < -0.4 is 0 Å². The van der Waals surface area contributed by atoms with E-state index in [1.165, 1.54) is 27.8 Å². The summed E-state index contributed by atoms with van der Waals surface area (Å²) in [4.78, 5) is 0. The van der Waals surface area contributed by atoms with Crippen molar-refractivity contribution in [1.82, 2.24) is 0 Å². The number of benzene rings is 2. The highest BCUT2D eigenvalue weighted by Crippen LogP contribution is 2.24. The molecule has 112 valence electrons. The second kappa shape index (κ2) is 6.37. The molecule has 0 bridgehead atoms. The van der Waals surface area contributed by atoms with Gasteiger partial charge >= 0.3 is 0 Å². The largest absolute Gasteiger partial charge is 0.0840 e. The van der Waals surface area contributed by atoms with Crippen LogP contribution in [0.3, 0.4) is 0 Å². The molecule has 0 heterocycles. The van der Waals surface area contributed by atoms with Crippen molar-refractivity contribution in [3.8, 4) is 0 Å². The molecule has 0 spiro atoms. The highest BCUT2D eigenvalue weighted by molar-refractivity contribution is 6.75. The molecular weight excluding hydrogens is 292 g/mol. The summed E-state index contributed by atoms with van der Waals surface area (Å²) < 4.78 is 0. The molecule has 0 saturated heterocycles. The monoisotopic (exact) mass is 316 g/mol. The van der Waals surface area contributed by atoms with Gasteiger partial charge in [-0.2, -0.15) is 0 Å². The molecule has 0 aliphatic heterocycles. The second-order valence-corrected chi connectivity index (χ2v) is 13.2. The van der Waals surface area contributed by atoms with Gasteiger partial charge in [-0.15, -0.1) is 0 Å². The van der Waals surface area contributed by atoms with E-state index in [4.69, 9.17) is 11.6 Å². The van der Waals surface area contributed by atoms with Gasteiger partial charge in [0.15, 0.2) is 0 Å². The van der Waals surface area contributed by atoms with Gasteiger partial charge < -0.3 is 0 Å². The summed E-state index contributed by atoms with van der Waals surface area (Å²) in [6.45, 7) is 11.5. The third-order valence-electron chi connectivity index (χ3n) is 3.74. The van der Waals surface area contributed by atoms with Crippen LogP contribution in [0, 0.1) is 13.8 Å². The summed E-state index contributed by atoms with van der Waals surface area (Å²) in [7, 11) is -1.12. The first-order valence-corrected chi connectivity index (χ1v) is 11.7. The first-order valence-electron chi connectivity index (χ1n) is 7.58. The fourth-order valence-electron chi connectivity index (χ4n) is 2.63. The molecule has 2 heteroatoms. The Kier molecular flexibility index (Phi) is 4.95. The second-order valence-electron chi connectivity index (χ2n) is 7.27. The van der Waals surface area contributed by atoms with Crippen LogP contribution in [0.5, 0.6) is 0 Å². The van der Waals surface area contributed by atoms with Crippen LogP contribution in [0.2, 0.25) is 24.7 Å². The highest BCUT2D eigenvalue weighted by atomic mass is 35.5. The fourth-order valence-corrected chi connectivity index (χ4v) is 4.46. The maximum absolute atomic E-state index is 6.49. The zero-order valence-corrected chi connectivity index (χ0v) is 15.5. The Bertz CT molecular complexity index is 638. The molecular formula is C19H25ClSi. The summed E-state index contributed by atoms with van der Waals surface area (Å²) >= 11 is 6.49. The fraction of sp³-hybridized carbons (Fsp3) is 0.368. The van der Waals surface area contributed by atoms with Crippen molar-refractivity contribution in [3.63, 3.8) is 0 Å². The van der Waals surface area contributed by atoms with E-state index in [0.29, 0.717) is 0 Å². The maximum Gasteiger partial charge on any atom is 0.0487 e. The quantitative estimate of drug-likeness (QED) is 0.610. The maximum atomic E-state index is 6.49. The number of halogens is 1. The van der Waals surface area contributed by atoms with Gasteiger partial charge in [-0.3, -0.25) is 0 Å². The van der Waals surface area contributed by atoms with Crippen molar-refractivity contribution in [2.24, 2.45) is 0 Å². The van der Waals surface area contributed by atoms with Crippen molar-refractivity contribution in [1.29, 1.82) is 0 Å². The third-order valence-corrected chi connectivity index (χ3v) is 5.53. The van der Waals surface area contributed by atoms with Gasteiger partial charge in [-0.1, -0.05) is 67.1 Å². The Hall–Kier alpha value is -1.05. The van der Waals surface area contributed by atoms with E-state index in [-0.39, 0.29) is 0 Å². The van der Waals surface area contributed by atoms with Crippen molar-refractivity contribution < 1.29 is 0 Å². The Labute approximate surface area is 135 Å². The molecule has 2 aromatic rings. The zero-order valence-electron chi connectivity index (χ0n) is 13.8. The van der Waals surface area contributed by atoms with E-state index >= 15 is 0 Å². The van der Waals surface area contributed by atoms with Crippen molar-refractivity contribution in [2.75, 3.05) is 0 Å². The van der Waals surface area contributed by atoms with Gasteiger partial charge in [0, 0.05) is 13.1 Å². The van der Waals surface area contributed by atoms with Gasteiger partial charge in [-0.25, -0.2) is 0 Å². The minimum Gasteiger partial charge on any atom is -0.0840 e. The van der Waals surface area contributed by atoms with Gasteiger partial charge in [0.2, 0.25) is 0 Å². The SMILES string of the molecule is Cc1ccc(C)c(Cc2ccc(C[Si](C)(C)C)c(Cl)c2)c1. The van der Waals surface area contributed by atoms with Crippen LogP contribution in [0.1, 0.15) is 27.8 Å². The van der Waals surface area contributed by atoms with Crippen LogP contribution in [-0.4, -0.2) is 8.07 Å². The average Bonchev–Trinajstić information content (AvgIpc) is 2.36. The lowest BCUT2D eigenvalue weighted by Gasteiger charge is -2.17. The molecule has 0 N–H and O–H groups in total. The first-order chi connectivity index (χ1) is 9.74. The van der Waals surface area contributed by atoms with Crippen molar-refractivity contribution in [3.05, 3.63) is 69.2 Å². The van der Waals surface area contributed by atoms with Gasteiger partial charge in [-0.05, 0) is 54.6 Å². The van der Waals surface area contributed by atoms with E-state index in [9.17, 15) is 0 Å². The summed E-state index contributed by atoms with van der Waals surface area (Å²) in [5, 5.41) is 0.931. The Morgan fingerprint density at radius 2 is 1.62 bits per heavy atom. The van der Waals surface area contributed by atoms with Crippen LogP contribution in [-0.2, 0) is 12.5 Å². The molecule has 0 unspecified atom stereocenters. The van der Waals surface area contributed by atoms with Gasteiger partial charge in [0.05, 0.1) is 0 Å². The zero-order chi connectivity index (χ0) is 15.6. The molecule has 0 saturated carbocycles. The topological polar surface area (TPSA) is 0 Å². The predicted molar refractivity (Wildman–Crippen MR) is 97.2 cm³/mol. The summed E-state index contributed by atoms with van der Waals surface area (Å²) in [6.07, 6.45) is 0.959. The molecule has 21 heavy (non-hydrogen) atoms. The highest BCUT2D eigenvalue weighted by Gasteiger charge is 2.16. The molecule has 2 aromatic carbocycles. The number of aryl methyl sites for hydroxylation is 2. The average molecular weight is 317 g/mol. The lowest BCUT2D eigenvalue weighted by atomic mass is 9.98. The number of rotatable bonds is 4. The summed E-state index contributed by atoms with van der Waals surface area (Å²) in [5.41, 5.74) is 6.66. The van der Waals surface area contributed by atoms with E-state index in [1.807, 2.05) is 0 Å². The van der Waals surface area contributed by atoms with E-state index in [0.717, 1.165) is 17.5 Å². The van der Waals surface area contributed by atoms with Gasteiger partial charge in [0.1, 0.15) is 0 Å². The van der Waals surface area contributed by atoms with E-state index in [2.05, 4.69) is 69.9 Å². The van der Waals surface area contributed by atoms with Gasteiger partial charge in [0.25, 0.3) is 0 Å². The lowest BCUT2D eigenvalue weighted by Crippen LogP contribution is -2.24. The third kappa shape index (κ3) is 4.72. The Morgan fingerprint density at radius 3 is 2.24 bits per heavy atom. The molecule has 2 rings (SSSR count). The lowest BCUT2D eigenvalue weighted by molar-refractivity contribution is 1.14. The first kappa shape index (κ1) is 16.3. The molecule has 0 nitrogen and oxygen atoms in total. The van der Waals surface area contributed by atoms with Crippen molar-refractivity contribution >= 4 is 19.7 Å². The normalized spacial score (nSPS) is 11.7. The molecule has 0 aliphatic rings. The minimum atomic E-state index is -1.12. The number of hydrogen-bond donors (Lipinski definition) is 0. The van der Waals surface area contributed by atoms with Crippen LogP contribution in [0.15, 0.2) is 36.4 Å². The van der Waals surface area contributed by atoms with Crippen LogP contribution in [0.25, 0.3) is 0 Å². The minimum absolute atomic E-state index is 0.931. The standard InChI is InChI=1S/C19H25ClSi/c1-14-6-7-15(2)18(10-14)11-16-8-9-17(19(20)12-16)13-21(3,4)5/h6-10,12H,11,13H2,1-5H3. The molecule has 0 atom stereocenters. The molecule has 0 aliphatic carbocycles. The molecule has 0 radical (unpaired) electrons. The van der Waals surface area contributed by atoms with Crippen LogP contribution >= 0.6 is 11.6 Å². The van der Waals surface area contributed by atoms with Crippen LogP contribution in [0.4, 0.5) is 0 Å². The summed E-state index contributed by atoms with van der Waals surface area (Å²) in [6, 6.07) is 14.4. The Balaban J connectivity index is 2.22. The smallest absolute Gasteiger partial charge is 0.0487 e. The number of hydrogen-bond acceptors (Lipinski definition) is 0. The van der Waals surface area contributed by atoms with E-state index < -0.39 is 8.07 Å².